The monoisotopic (exact) mass is 557 g/mol. The fourth-order valence-corrected chi connectivity index (χ4v) is 5.22. The van der Waals surface area contributed by atoms with Crippen LogP contribution in [0, 0.1) is 5.41 Å². The van der Waals surface area contributed by atoms with Gasteiger partial charge in [0.15, 0.2) is 0 Å². The van der Waals surface area contributed by atoms with Gasteiger partial charge >= 0.3 is 6.09 Å². The molecule has 1 aromatic heterocycles. The summed E-state index contributed by atoms with van der Waals surface area (Å²) in [6, 6.07) is 22.0. The van der Waals surface area contributed by atoms with Gasteiger partial charge in [-0.05, 0) is 86.6 Å². The lowest BCUT2D eigenvalue weighted by Gasteiger charge is -2.33. The fourth-order valence-electron chi connectivity index (χ4n) is 5.22. The number of likely N-dealkylation sites (tertiary alicyclic amines) is 1. The van der Waals surface area contributed by atoms with Crippen LogP contribution in [0.25, 0.3) is 0 Å². The third kappa shape index (κ3) is 8.56. The number of hydrogen-bond acceptors (Lipinski definition) is 5. The Bertz CT molecular complexity index is 1290. The maximum atomic E-state index is 13.0. The molecular formula is C34H43N3O4. The Labute approximate surface area is 244 Å². The van der Waals surface area contributed by atoms with Gasteiger partial charge < -0.3 is 19.7 Å². The van der Waals surface area contributed by atoms with Gasteiger partial charge in [0.05, 0.1) is 5.69 Å². The first-order valence-electron chi connectivity index (χ1n) is 14.4. The van der Waals surface area contributed by atoms with E-state index in [4.69, 9.17) is 9.47 Å². The van der Waals surface area contributed by atoms with Crippen LogP contribution < -0.4 is 10.1 Å². The average Bonchev–Trinajstić information content (AvgIpc) is 2.92. The van der Waals surface area contributed by atoms with Crippen molar-refractivity contribution in [3.05, 3.63) is 95.3 Å². The van der Waals surface area contributed by atoms with Crippen molar-refractivity contribution < 1.29 is 19.1 Å². The minimum Gasteiger partial charge on any atom is -0.487 e. The van der Waals surface area contributed by atoms with Crippen LogP contribution >= 0.6 is 0 Å². The van der Waals surface area contributed by atoms with E-state index >= 15 is 0 Å². The molecule has 218 valence electrons. The number of piperidine rings is 1. The van der Waals surface area contributed by atoms with Crippen molar-refractivity contribution in [2.45, 2.75) is 78.6 Å². The Morgan fingerprint density at radius 2 is 1.51 bits per heavy atom. The highest BCUT2D eigenvalue weighted by molar-refractivity contribution is 5.94. The number of carbonyl (C=O) groups is 2. The number of nitrogens with zero attached hydrogens (tertiary/aromatic N) is 2. The molecule has 2 heterocycles. The van der Waals surface area contributed by atoms with E-state index in [1.807, 2.05) is 63.2 Å². The zero-order chi connectivity index (χ0) is 29.6. The molecule has 0 radical (unpaired) electrons. The third-order valence-electron chi connectivity index (χ3n) is 7.18. The van der Waals surface area contributed by atoms with Crippen LogP contribution in [0.5, 0.6) is 5.75 Å². The van der Waals surface area contributed by atoms with Gasteiger partial charge in [0.1, 0.15) is 18.0 Å². The second-order valence-electron chi connectivity index (χ2n) is 12.8. The Morgan fingerprint density at radius 3 is 2.05 bits per heavy atom. The lowest BCUT2D eigenvalue weighted by molar-refractivity contribution is 0.0199. The number of benzene rings is 2. The number of pyridine rings is 1. The molecule has 0 aliphatic carbocycles. The normalized spacial score (nSPS) is 15.2. The molecule has 1 aliphatic heterocycles. The van der Waals surface area contributed by atoms with Crippen LogP contribution in [0.2, 0.25) is 0 Å². The van der Waals surface area contributed by atoms with E-state index in [0.29, 0.717) is 38.1 Å². The molecule has 2 amide bonds. The molecule has 1 aliphatic rings. The van der Waals surface area contributed by atoms with E-state index in [-0.39, 0.29) is 29.4 Å². The van der Waals surface area contributed by atoms with Crippen molar-refractivity contribution in [1.82, 2.24) is 15.2 Å². The van der Waals surface area contributed by atoms with Crippen molar-refractivity contribution in [2.24, 2.45) is 5.41 Å². The lowest BCUT2D eigenvalue weighted by atomic mass is 9.72. The van der Waals surface area contributed by atoms with Crippen molar-refractivity contribution in [3.8, 4) is 5.75 Å². The standard InChI is InChI=1S/C34H43N3O4/c1-33(2,3)30(25-14-16-29(17-15-25)40-23-28-9-7-8-20-35-28)24-10-12-26(13-11-24)31(38)36-27-18-21-37(22-19-27)32(39)41-34(4,5)6/h7-17,20,27,30H,18-19,21-23H2,1-6H3,(H,36,38). The summed E-state index contributed by atoms with van der Waals surface area (Å²) in [5.41, 5.74) is 3.31. The molecule has 2 aromatic carbocycles. The Balaban J connectivity index is 1.36. The summed E-state index contributed by atoms with van der Waals surface area (Å²) in [7, 11) is 0. The predicted molar refractivity (Wildman–Crippen MR) is 161 cm³/mol. The van der Waals surface area contributed by atoms with Crippen LogP contribution in [-0.4, -0.2) is 46.6 Å². The Kier molecular flexibility index (Phi) is 9.36. The van der Waals surface area contributed by atoms with E-state index in [9.17, 15) is 9.59 Å². The van der Waals surface area contributed by atoms with Crippen molar-refractivity contribution in [1.29, 1.82) is 0 Å². The summed E-state index contributed by atoms with van der Waals surface area (Å²) < 4.78 is 11.4. The zero-order valence-corrected chi connectivity index (χ0v) is 25.1. The van der Waals surface area contributed by atoms with Crippen molar-refractivity contribution in [3.63, 3.8) is 0 Å². The first-order chi connectivity index (χ1) is 19.4. The second kappa shape index (κ2) is 12.8. The minimum absolute atomic E-state index is 0.0293. The summed E-state index contributed by atoms with van der Waals surface area (Å²) in [5.74, 6) is 0.853. The van der Waals surface area contributed by atoms with Gasteiger partial charge in [0.2, 0.25) is 0 Å². The molecule has 3 aromatic rings. The summed E-state index contributed by atoms with van der Waals surface area (Å²) in [5, 5.41) is 3.15. The number of aromatic nitrogens is 1. The van der Waals surface area contributed by atoms with Gasteiger partial charge in [-0.25, -0.2) is 4.79 Å². The van der Waals surface area contributed by atoms with Gasteiger partial charge in [-0.2, -0.15) is 0 Å². The Hall–Kier alpha value is -3.87. The van der Waals surface area contributed by atoms with E-state index in [2.05, 4.69) is 55.3 Å². The Morgan fingerprint density at radius 1 is 0.902 bits per heavy atom. The van der Waals surface area contributed by atoms with E-state index < -0.39 is 5.60 Å². The molecule has 4 rings (SSSR count). The number of rotatable bonds is 7. The highest BCUT2D eigenvalue weighted by Crippen LogP contribution is 2.41. The molecule has 1 unspecified atom stereocenters. The maximum Gasteiger partial charge on any atom is 0.410 e. The van der Waals surface area contributed by atoms with Crippen LogP contribution in [0.15, 0.2) is 72.9 Å². The lowest BCUT2D eigenvalue weighted by Crippen LogP contribution is -2.47. The summed E-state index contributed by atoms with van der Waals surface area (Å²) >= 11 is 0. The molecular weight excluding hydrogens is 514 g/mol. The molecule has 1 saturated heterocycles. The molecule has 1 atom stereocenters. The first-order valence-corrected chi connectivity index (χ1v) is 14.4. The summed E-state index contributed by atoms with van der Waals surface area (Å²) in [6.07, 6.45) is 2.88. The molecule has 0 saturated carbocycles. The fraction of sp³-hybridized carbons (Fsp3) is 0.441. The van der Waals surface area contributed by atoms with Gasteiger partial charge in [-0.15, -0.1) is 0 Å². The molecule has 7 heteroatoms. The second-order valence-corrected chi connectivity index (χ2v) is 12.8. The molecule has 0 spiro atoms. The third-order valence-corrected chi connectivity index (χ3v) is 7.18. The van der Waals surface area contributed by atoms with Crippen molar-refractivity contribution >= 4 is 12.0 Å². The highest BCUT2D eigenvalue weighted by Gasteiger charge is 2.29. The number of amides is 2. The number of nitrogens with one attached hydrogen (secondary N) is 1. The molecule has 0 bridgehead atoms. The van der Waals surface area contributed by atoms with Crippen LogP contribution in [0.4, 0.5) is 4.79 Å². The molecule has 7 nitrogen and oxygen atoms in total. The molecule has 41 heavy (non-hydrogen) atoms. The summed E-state index contributed by atoms with van der Waals surface area (Å²) in [6.45, 7) is 13.8. The number of carbonyl (C=O) groups excluding carboxylic acids is 2. The maximum absolute atomic E-state index is 13.0. The first kappa shape index (κ1) is 30.1. The van der Waals surface area contributed by atoms with E-state index in [1.54, 1.807) is 11.1 Å². The van der Waals surface area contributed by atoms with Gasteiger partial charge in [-0.1, -0.05) is 51.1 Å². The zero-order valence-electron chi connectivity index (χ0n) is 25.1. The molecule has 1 N–H and O–H groups in total. The van der Waals surface area contributed by atoms with Crippen LogP contribution in [0.3, 0.4) is 0 Å². The smallest absolute Gasteiger partial charge is 0.410 e. The van der Waals surface area contributed by atoms with Gasteiger partial charge in [0.25, 0.3) is 5.91 Å². The van der Waals surface area contributed by atoms with E-state index in [1.165, 1.54) is 5.56 Å². The van der Waals surface area contributed by atoms with Gasteiger partial charge in [-0.3, -0.25) is 9.78 Å². The molecule has 1 fully saturated rings. The topological polar surface area (TPSA) is 80.8 Å². The van der Waals surface area contributed by atoms with Crippen molar-refractivity contribution in [2.75, 3.05) is 13.1 Å². The van der Waals surface area contributed by atoms with Crippen LogP contribution in [0.1, 0.15) is 87.5 Å². The van der Waals surface area contributed by atoms with Crippen LogP contribution in [-0.2, 0) is 11.3 Å². The number of ether oxygens (including phenoxy) is 2. The van der Waals surface area contributed by atoms with Gasteiger partial charge in [0, 0.05) is 36.8 Å². The largest absolute Gasteiger partial charge is 0.487 e. The number of hydrogen-bond donors (Lipinski definition) is 1. The quantitative estimate of drug-likeness (QED) is 0.339. The average molecular weight is 558 g/mol. The highest BCUT2D eigenvalue weighted by atomic mass is 16.6. The summed E-state index contributed by atoms with van der Waals surface area (Å²) in [4.78, 5) is 31.4. The van der Waals surface area contributed by atoms with E-state index in [0.717, 1.165) is 17.0 Å². The SMILES string of the molecule is CC(C)(C)OC(=O)N1CCC(NC(=O)c2ccc(C(c3ccc(OCc4ccccn4)cc3)C(C)(C)C)cc2)CC1. The minimum atomic E-state index is -0.515. The predicted octanol–water partition coefficient (Wildman–Crippen LogP) is 6.97.